The minimum atomic E-state index is 0. The van der Waals surface area contributed by atoms with Gasteiger partial charge < -0.3 is 28.4 Å². The molecule has 1 rings (SSSR count). The summed E-state index contributed by atoms with van der Waals surface area (Å²) in [5, 5.41) is 0. The van der Waals surface area contributed by atoms with Gasteiger partial charge in [-0.2, -0.15) is 4.98 Å². The smallest absolute Gasteiger partial charge is 0.332 e. The van der Waals surface area contributed by atoms with Crippen LogP contribution in [0.15, 0.2) is 23.3 Å². The summed E-state index contributed by atoms with van der Waals surface area (Å²) in [6.45, 7) is 0. The van der Waals surface area contributed by atoms with Crippen LogP contribution in [0, 0.1) is 0 Å². The Morgan fingerprint density at radius 2 is 2.33 bits per heavy atom. The Labute approximate surface area is 52.6 Å². The predicted molar refractivity (Wildman–Crippen MR) is 15.3 cm³/mol. The molecule has 3 heteroatoms. The molecule has 0 aliphatic heterocycles. The van der Waals surface area contributed by atoms with Gasteiger partial charge >= 0.3 is 6.39 Å². The average Bonchev–Trinajstić information content (AvgIpc) is 1.76. The zero-order chi connectivity index (χ0) is 3.54. The van der Waals surface area contributed by atoms with E-state index in [-0.39, 0.29) is 24.0 Å². The fourth-order valence-electron chi connectivity index (χ4n) is 0.196. The van der Waals surface area contributed by atoms with E-state index in [1.165, 1.54) is 6.39 Å². The van der Waals surface area contributed by atoms with Crippen molar-refractivity contribution in [3.8, 4) is 0 Å². The van der Waals surface area contributed by atoms with Crippen LogP contribution >= 0.6 is 0 Å². The van der Waals surface area contributed by atoms with Crippen molar-refractivity contribution in [1.29, 1.82) is 0 Å². The van der Waals surface area contributed by atoms with Crippen molar-refractivity contribution in [2.45, 2.75) is 0 Å². The second-order valence-corrected chi connectivity index (χ2v) is 0.723. The second kappa shape index (κ2) is 3.14. The van der Waals surface area contributed by atoms with Crippen molar-refractivity contribution in [3.63, 3.8) is 0 Å². The van der Waals surface area contributed by atoms with E-state index >= 15 is 0 Å². The third kappa shape index (κ3) is 1.40. The summed E-state index contributed by atoms with van der Waals surface area (Å²) in [6.07, 6.45) is 4.78. The van der Waals surface area contributed by atoms with E-state index in [1.54, 1.807) is 12.5 Å². The molecule has 2 nitrogen and oxygen atoms in total. The molecule has 0 radical (unpaired) electrons. The van der Waals surface area contributed by atoms with Gasteiger partial charge in [0.25, 0.3) is 0 Å². The summed E-state index contributed by atoms with van der Waals surface area (Å²) < 4.78 is 4.53. The van der Waals surface area contributed by atoms with E-state index in [0.717, 1.165) is 0 Å². The molecule has 0 atom stereocenters. The Bertz CT molecular complexity index is 67.3. The third-order valence-electron chi connectivity index (χ3n) is 0.379. The van der Waals surface area contributed by atoms with E-state index in [0.29, 0.717) is 0 Å². The Morgan fingerprint density at radius 1 is 1.50 bits per heavy atom. The molecule has 34 valence electrons. The van der Waals surface area contributed by atoms with E-state index in [9.17, 15) is 0 Å². The molecule has 1 aromatic heterocycles. The first-order chi connectivity index (χ1) is 2.50. The number of halogens is 1. The molecular formula is C3H4INO. The first-order valence-corrected chi connectivity index (χ1v) is 1.38. The summed E-state index contributed by atoms with van der Waals surface area (Å²) in [7, 11) is 0. The molecule has 0 saturated heterocycles. The van der Waals surface area contributed by atoms with Gasteiger partial charge in [-0.3, -0.25) is 0 Å². The number of hydrogen-bond donors (Lipinski definition) is 0. The summed E-state index contributed by atoms with van der Waals surface area (Å²) >= 11 is 0. The van der Waals surface area contributed by atoms with Gasteiger partial charge in [-0.25, -0.2) is 0 Å². The standard InChI is InChI=1S/C3H3NO.HI/c1-2-5-3-4-1;/h1-3H;1H. The summed E-state index contributed by atoms with van der Waals surface area (Å²) in [6, 6.07) is 0. The van der Waals surface area contributed by atoms with Gasteiger partial charge in [-0.05, 0) is 0 Å². The largest absolute Gasteiger partial charge is 1.00 e. The lowest BCUT2D eigenvalue weighted by molar-refractivity contribution is -0.383. The topological polar surface area (TPSA) is 27.3 Å². The lowest BCUT2D eigenvalue weighted by Gasteiger charge is -1.40. The summed E-state index contributed by atoms with van der Waals surface area (Å²) in [4.78, 5) is 2.69. The van der Waals surface area contributed by atoms with E-state index < -0.39 is 0 Å². The maximum atomic E-state index is 4.53. The van der Waals surface area contributed by atoms with Crippen LogP contribution in [0.3, 0.4) is 0 Å². The van der Waals surface area contributed by atoms with Crippen molar-refractivity contribution in [1.82, 2.24) is 0 Å². The molecule has 0 aliphatic carbocycles. The van der Waals surface area contributed by atoms with Crippen LogP contribution in [0.5, 0.6) is 0 Å². The van der Waals surface area contributed by atoms with Crippen LogP contribution < -0.4 is 29.0 Å². The fourth-order valence-corrected chi connectivity index (χ4v) is 0.196. The van der Waals surface area contributed by atoms with Gasteiger partial charge in [0.15, 0.2) is 6.26 Å². The molecule has 0 saturated carbocycles. The van der Waals surface area contributed by atoms with Crippen molar-refractivity contribution in [2.75, 3.05) is 0 Å². The number of hydrogen-bond acceptors (Lipinski definition) is 1. The molecular weight excluding hydrogens is 193 g/mol. The lowest BCUT2D eigenvalue weighted by Crippen LogP contribution is -3.00. The molecule has 1 heterocycles. The highest BCUT2D eigenvalue weighted by Crippen LogP contribution is 1.64. The second-order valence-electron chi connectivity index (χ2n) is 0.723. The fraction of sp³-hybridized carbons (Fsp3) is 0. The average molecular weight is 197 g/mol. The first kappa shape index (κ1) is 5.94. The highest BCUT2D eigenvalue weighted by Gasteiger charge is 1.68. The van der Waals surface area contributed by atoms with Crippen LogP contribution in [-0.2, 0) is 0 Å². The highest BCUT2D eigenvalue weighted by atomic mass is 127. The Balaban J connectivity index is 0.000000250. The van der Waals surface area contributed by atoms with Crippen LogP contribution in [0.1, 0.15) is 0 Å². The SMILES string of the molecule is [I-].c1coc[nH+]1. The summed E-state index contributed by atoms with van der Waals surface area (Å²) in [5.41, 5.74) is 0. The van der Waals surface area contributed by atoms with E-state index in [1.807, 2.05) is 0 Å². The predicted octanol–water partition coefficient (Wildman–Crippen LogP) is -2.90. The Hall–Kier alpha value is -0.0600. The molecule has 1 N–H and O–H groups in total. The molecule has 0 fully saturated rings. The molecule has 0 amide bonds. The molecule has 6 heavy (non-hydrogen) atoms. The minimum Gasteiger partial charge on any atom is -1.00 e. The zero-order valence-electron chi connectivity index (χ0n) is 3.02. The first-order valence-electron chi connectivity index (χ1n) is 1.38. The van der Waals surface area contributed by atoms with Crippen molar-refractivity contribution >= 4 is 0 Å². The van der Waals surface area contributed by atoms with Gasteiger partial charge in [0.1, 0.15) is 0 Å². The van der Waals surface area contributed by atoms with Crippen molar-refractivity contribution in [2.24, 2.45) is 0 Å². The maximum absolute atomic E-state index is 4.53. The number of rotatable bonds is 0. The number of aromatic amines is 1. The lowest BCUT2D eigenvalue weighted by atomic mass is 11.0. The van der Waals surface area contributed by atoms with Gasteiger partial charge in [0, 0.05) is 0 Å². The highest BCUT2D eigenvalue weighted by molar-refractivity contribution is 4.43. The number of H-pyrrole nitrogens is 1. The third-order valence-corrected chi connectivity index (χ3v) is 0.379. The maximum Gasteiger partial charge on any atom is 0.332 e. The molecule has 0 aromatic carbocycles. The van der Waals surface area contributed by atoms with Gasteiger partial charge in [-0.15, -0.1) is 0 Å². The number of oxazole rings is 1. The normalized spacial score (nSPS) is 6.67. The molecule has 1 aromatic rings. The van der Waals surface area contributed by atoms with Crippen molar-refractivity contribution < 1.29 is 33.4 Å². The summed E-state index contributed by atoms with van der Waals surface area (Å²) in [5.74, 6) is 0. The number of nitrogens with one attached hydrogen (secondary N) is 1. The minimum absolute atomic E-state index is 0. The Morgan fingerprint density at radius 3 is 2.50 bits per heavy atom. The quantitative estimate of drug-likeness (QED) is 0.410. The van der Waals surface area contributed by atoms with Crippen LogP contribution in [-0.4, -0.2) is 0 Å². The van der Waals surface area contributed by atoms with Gasteiger partial charge in [-0.1, -0.05) is 0 Å². The van der Waals surface area contributed by atoms with Crippen LogP contribution in [0.25, 0.3) is 0 Å². The van der Waals surface area contributed by atoms with E-state index in [2.05, 4.69) is 9.40 Å². The van der Waals surface area contributed by atoms with E-state index in [4.69, 9.17) is 0 Å². The zero-order valence-corrected chi connectivity index (χ0v) is 5.18. The monoisotopic (exact) mass is 197 g/mol. The number of aromatic nitrogens is 1. The molecule has 0 unspecified atom stereocenters. The van der Waals surface area contributed by atoms with Crippen LogP contribution in [0.2, 0.25) is 0 Å². The van der Waals surface area contributed by atoms with Gasteiger partial charge in [0.2, 0.25) is 6.20 Å². The molecule has 0 spiro atoms. The molecule has 0 bridgehead atoms. The Kier molecular flexibility index (Phi) is 3.11. The molecule has 0 aliphatic rings. The van der Waals surface area contributed by atoms with Gasteiger partial charge in [0.05, 0.1) is 0 Å². The van der Waals surface area contributed by atoms with Crippen molar-refractivity contribution in [3.05, 3.63) is 18.9 Å². The van der Waals surface area contributed by atoms with Crippen LogP contribution in [0.4, 0.5) is 0 Å².